The summed E-state index contributed by atoms with van der Waals surface area (Å²) < 4.78 is 5.72. The van der Waals surface area contributed by atoms with E-state index in [4.69, 9.17) is 27.9 Å². The van der Waals surface area contributed by atoms with Crippen molar-refractivity contribution in [1.82, 2.24) is 9.80 Å². The Bertz CT molecular complexity index is 713. The first kappa shape index (κ1) is 21.4. The minimum Gasteiger partial charge on any atom is -0.372 e. The standard InChI is InChI=1S/C20H27Cl2N3O3/c1-13-10-25(11-14(2)28-13)20(27)15-5-7-24(8-6-15)12-19(26)23-18-4-3-16(21)9-17(18)22/h3-4,9,13-15H,5-8,10-12H2,1-2H3,(H,23,26). The number of nitrogens with one attached hydrogen (secondary N) is 1. The minimum absolute atomic E-state index is 0.0301. The van der Waals surface area contributed by atoms with Gasteiger partial charge in [0.15, 0.2) is 0 Å². The topological polar surface area (TPSA) is 61.9 Å². The van der Waals surface area contributed by atoms with Crippen molar-refractivity contribution in [2.45, 2.75) is 38.9 Å². The molecule has 3 rings (SSSR count). The number of piperidine rings is 1. The third kappa shape index (κ3) is 5.60. The lowest BCUT2D eigenvalue weighted by Gasteiger charge is -2.39. The summed E-state index contributed by atoms with van der Waals surface area (Å²) in [5.41, 5.74) is 0.552. The Kier molecular flexibility index (Phi) is 7.20. The molecule has 2 atom stereocenters. The number of carbonyl (C=O) groups excluding carboxylic acids is 2. The predicted octanol–water partition coefficient (Wildman–Crippen LogP) is 3.28. The van der Waals surface area contributed by atoms with Crippen molar-refractivity contribution in [2.24, 2.45) is 5.92 Å². The molecule has 6 nitrogen and oxygen atoms in total. The number of hydrogen-bond donors (Lipinski definition) is 1. The third-order valence-corrected chi connectivity index (χ3v) is 5.79. The summed E-state index contributed by atoms with van der Waals surface area (Å²) in [5, 5.41) is 3.76. The summed E-state index contributed by atoms with van der Waals surface area (Å²) in [6.07, 6.45) is 1.70. The van der Waals surface area contributed by atoms with Crippen molar-refractivity contribution in [2.75, 3.05) is 38.0 Å². The van der Waals surface area contributed by atoms with Gasteiger partial charge >= 0.3 is 0 Å². The number of benzene rings is 1. The average Bonchev–Trinajstić information content (AvgIpc) is 2.63. The Morgan fingerprint density at radius 1 is 1.14 bits per heavy atom. The van der Waals surface area contributed by atoms with Crippen LogP contribution in [0.25, 0.3) is 0 Å². The van der Waals surface area contributed by atoms with Gasteiger partial charge in [-0.2, -0.15) is 0 Å². The molecule has 28 heavy (non-hydrogen) atoms. The number of amides is 2. The number of halogens is 2. The Morgan fingerprint density at radius 2 is 1.79 bits per heavy atom. The van der Waals surface area contributed by atoms with Crippen molar-refractivity contribution >= 4 is 40.7 Å². The highest BCUT2D eigenvalue weighted by molar-refractivity contribution is 6.36. The van der Waals surface area contributed by atoms with E-state index in [0.717, 1.165) is 25.9 Å². The Labute approximate surface area is 176 Å². The van der Waals surface area contributed by atoms with E-state index < -0.39 is 0 Å². The molecule has 1 N–H and O–H groups in total. The van der Waals surface area contributed by atoms with Gasteiger partial charge in [0.25, 0.3) is 0 Å². The lowest BCUT2D eigenvalue weighted by atomic mass is 9.94. The van der Waals surface area contributed by atoms with E-state index in [0.29, 0.717) is 28.8 Å². The van der Waals surface area contributed by atoms with Crippen LogP contribution in [0.1, 0.15) is 26.7 Å². The van der Waals surface area contributed by atoms with E-state index in [-0.39, 0.29) is 36.5 Å². The SMILES string of the molecule is CC1CN(C(=O)C2CCN(CC(=O)Nc3ccc(Cl)cc3Cl)CC2)CC(C)O1. The number of likely N-dealkylation sites (tertiary alicyclic amines) is 1. The largest absolute Gasteiger partial charge is 0.372 e. The third-order valence-electron chi connectivity index (χ3n) is 5.24. The fraction of sp³-hybridized carbons (Fsp3) is 0.600. The van der Waals surface area contributed by atoms with Crippen LogP contribution in [0, 0.1) is 5.92 Å². The summed E-state index contributed by atoms with van der Waals surface area (Å²) in [6, 6.07) is 4.98. The summed E-state index contributed by atoms with van der Waals surface area (Å²) in [4.78, 5) is 29.2. The highest BCUT2D eigenvalue weighted by Gasteiger charge is 2.32. The first-order valence-corrected chi connectivity index (χ1v) is 10.5. The molecule has 8 heteroatoms. The number of carbonyl (C=O) groups is 2. The van der Waals surface area contributed by atoms with Crippen molar-refractivity contribution in [3.05, 3.63) is 28.2 Å². The fourth-order valence-electron chi connectivity index (χ4n) is 3.94. The van der Waals surface area contributed by atoms with Crippen molar-refractivity contribution < 1.29 is 14.3 Å². The van der Waals surface area contributed by atoms with Gasteiger partial charge in [-0.25, -0.2) is 0 Å². The molecule has 0 radical (unpaired) electrons. The van der Waals surface area contributed by atoms with Crippen LogP contribution in [0.5, 0.6) is 0 Å². The molecular formula is C20H27Cl2N3O3. The quantitative estimate of drug-likeness (QED) is 0.800. The van der Waals surface area contributed by atoms with Crippen LogP contribution in [0.2, 0.25) is 10.0 Å². The van der Waals surface area contributed by atoms with Gasteiger partial charge in [-0.3, -0.25) is 14.5 Å². The first-order valence-electron chi connectivity index (χ1n) is 9.73. The zero-order chi connectivity index (χ0) is 20.3. The number of ether oxygens (including phenoxy) is 1. The number of hydrogen-bond acceptors (Lipinski definition) is 4. The van der Waals surface area contributed by atoms with Gasteiger partial charge in [-0.15, -0.1) is 0 Å². The first-order chi connectivity index (χ1) is 13.3. The van der Waals surface area contributed by atoms with E-state index in [1.165, 1.54) is 0 Å². The van der Waals surface area contributed by atoms with Crippen LogP contribution >= 0.6 is 23.2 Å². The normalized spacial score (nSPS) is 24.2. The molecule has 0 saturated carbocycles. The maximum atomic E-state index is 12.8. The molecule has 2 aliphatic rings. The molecule has 2 unspecified atom stereocenters. The molecule has 2 saturated heterocycles. The second-order valence-electron chi connectivity index (χ2n) is 7.72. The van der Waals surface area contributed by atoms with Crippen LogP contribution in [0.3, 0.4) is 0 Å². The zero-order valence-electron chi connectivity index (χ0n) is 16.3. The molecule has 0 spiro atoms. The zero-order valence-corrected chi connectivity index (χ0v) is 17.8. The molecular weight excluding hydrogens is 401 g/mol. The van der Waals surface area contributed by atoms with Gasteiger partial charge in [0.1, 0.15) is 0 Å². The minimum atomic E-state index is -0.121. The number of morpholine rings is 1. The second-order valence-corrected chi connectivity index (χ2v) is 8.57. The summed E-state index contributed by atoms with van der Waals surface area (Å²) in [5.74, 6) is 0.131. The van der Waals surface area contributed by atoms with E-state index >= 15 is 0 Å². The van der Waals surface area contributed by atoms with E-state index in [1.807, 2.05) is 18.7 Å². The maximum absolute atomic E-state index is 12.8. The number of anilines is 1. The van der Waals surface area contributed by atoms with Crippen LogP contribution < -0.4 is 5.32 Å². The van der Waals surface area contributed by atoms with Gasteiger partial charge < -0.3 is 15.0 Å². The van der Waals surface area contributed by atoms with Crippen LogP contribution in [0.15, 0.2) is 18.2 Å². The molecule has 1 aromatic carbocycles. The maximum Gasteiger partial charge on any atom is 0.238 e. The van der Waals surface area contributed by atoms with Gasteiger partial charge in [0.05, 0.1) is 29.5 Å². The molecule has 0 aromatic heterocycles. The van der Waals surface area contributed by atoms with Crippen LogP contribution in [-0.2, 0) is 14.3 Å². The second kappa shape index (κ2) is 9.44. The van der Waals surface area contributed by atoms with E-state index in [2.05, 4.69) is 10.2 Å². The van der Waals surface area contributed by atoms with Crippen molar-refractivity contribution in [1.29, 1.82) is 0 Å². The van der Waals surface area contributed by atoms with Gasteiger partial charge in [-0.1, -0.05) is 23.2 Å². The van der Waals surface area contributed by atoms with Crippen molar-refractivity contribution in [3.8, 4) is 0 Å². The Balaban J connectivity index is 1.46. The van der Waals surface area contributed by atoms with Gasteiger partial charge in [0, 0.05) is 24.0 Å². The summed E-state index contributed by atoms with van der Waals surface area (Å²) >= 11 is 12.0. The molecule has 0 bridgehead atoms. The monoisotopic (exact) mass is 427 g/mol. The predicted molar refractivity (Wildman–Crippen MR) is 111 cm³/mol. The lowest BCUT2D eigenvalue weighted by molar-refractivity contribution is -0.148. The van der Waals surface area contributed by atoms with E-state index in [9.17, 15) is 9.59 Å². The molecule has 0 aliphatic carbocycles. The highest BCUT2D eigenvalue weighted by atomic mass is 35.5. The lowest BCUT2D eigenvalue weighted by Crippen LogP contribution is -2.51. The number of nitrogens with zero attached hydrogens (tertiary/aromatic N) is 2. The molecule has 2 fully saturated rings. The van der Waals surface area contributed by atoms with E-state index in [1.54, 1.807) is 18.2 Å². The Hall–Kier alpha value is -1.34. The fourth-order valence-corrected chi connectivity index (χ4v) is 4.39. The molecule has 2 heterocycles. The van der Waals surface area contributed by atoms with Crippen LogP contribution in [0.4, 0.5) is 5.69 Å². The molecule has 154 valence electrons. The highest BCUT2D eigenvalue weighted by Crippen LogP contribution is 2.26. The molecule has 1 aromatic rings. The van der Waals surface area contributed by atoms with Crippen LogP contribution in [-0.4, -0.2) is 66.5 Å². The number of rotatable bonds is 4. The Morgan fingerprint density at radius 3 is 2.39 bits per heavy atom. The molecule has 2 amide bonds. The van der Waals surface area contributed by atoms with Crippen molar-refractivity contribution in [3.63, 3.8) is 0 Å². The summed E-state index contributed by atoms with van der Waals surface area (Å²) in [7, 11) is 0. The smallest absolute Gasteiger partial charge is 0.238 e. The molecule has 2 aliphatic heterocycles. The average molecular weight is 428 g/mol. The summed E-state index contributed by atoms with van der Waals surface area (Å²) in [6.45, 7) is 7.07. The van der Waals surface area contributed by atoms with Gasteiger partial charge in [-0.05, 0) is 58.0 Å². The van der Waals surface area contributed by atoms with Gasteiger partial charge in [0.2, 0.25) is 11.8 Å².